The van der Waals surface area contributed by atoms with Crippen molar-refractivity contribution >= 4 is 17.7 Å². The summed E-state index contributed by atoms with van der Waals surface area (Å²) >= 11 is 1.37. The molecule has 1 unspecified atom stereocenters. The largest absolute Gasteiger partial charge is 0.491 e. The molecule has 2 aromatic heterocycles. The van der Waals surface area contributed by atoms with Crippen LogP contribution in [0.3, 0.4) is 0 Å². The van der Waals surface area contributed by atoms with E-state index in [4.69, 9.17) is 13.9 Å². The van der Waals surface area contributed by atoms with Gasteiger partial charge in [-0.05, 0) is 55.5 Å². The number of hydrogen-bond acceptors (Lipinski definition) is 8. The zero-order chi connectivity index (χ0) is 23.0. The van der Waals surface area contributed by atoms with Crippen molar-refractivity contribution in [3.05, 3.63) is 78.6 Å². The van der Waals surface area contributed by atoms with E-state index in [1.807, 2.05) is 41.0 Å². The summed E-state index contributed by atoms with van der Waals surface area (Å²) in [6.45, 7) is 2.17. The molecule has 0 bridgehead atoms. The zero-order valence-electron chi connectivity index (χ0n) is 18.0. The Bertz CT molecular complexity index is 1160. The Morgan fingerprint density at radius 1 is 1.09 bits per heavy atom. The van der Waals surface area contributed by atoms with Crippen molar-refractivity contribution < 1.29 is 23.8 Å². The van der Waals surface area contributed by atoms with E-state index < -0.39 is 6.10 Å². The lowest BCUT2D eigenvalue weighted by Gasteiger charge is -2.13. The van der Waals surface area contributed by atoms with Gasteiger partial charge in [0.25, 0.3) is 0 Å². The average Bonchev–Trinajstić information content (AvgIpc) is 3.52. The Hall–Kier alpha value is -3.56. The first-order valence-corrected chi connectivity index (χ1v) is 11.4. The van der Waals surface area contributed by atoms with Crippen LogP contribution in [-0.4, -0.2) is 50.9 Å². The lowest BCUT2D eigenvalue weighted by molar-refractivity contribution is 0.0526. The number of aliphatic hydroxyl groups is 1. The van der Waals surface area contributed by atoms with E-state index in [2.05, 4.69) is 10.2 Å². The number of hydrogen-bond donors (Lipinski definition) is 1. The first kappa shape index (κ1) is 22.6. The van der Waals surface area contributed by atoms with Gasteiger partial charge >= 0.3 is 5.97 Å². The number of carbonyl (C=O) groups excluding carboxylic acids is 1. The minimum atomic E-state index is -0.743. The number of benzene rings is 2. The highest BCUT2D eigenvalue weighted by Crippen LogP contribution is 2.28. The van der Waals surface area contributed by atoms with Crippen LogP contribution < -0.4 is 4.74 Å². The minimum Gasteiger partial charge on any atom is -0.491 e. The highest BCUT2D eigenvalue weighted by Gasteiger charge is 2.19. The molecular weight excluding hydrogens is 442 g/mol. The van der Waals surface area contributed by atoms with Crippen LogP contribution in [0.1, 0.15) is 17.3 Å². The van der Waals surface area contributed by atoms with Crippen molar-refractivity contribution in [1.29, 1.82) is 0 Å². The van der Waals surface area contributed by atoms with Gasteiger partial charge in [-0.3, -0.25) is 4.57 Å². The highest BCUT2D eigenvalue weighted by atomic mass is 32.2. The van der Waals surface area contributed by atoms with Crippen molar-refractivity contribution in [3.8, 4) is 23.0 Å². The molecular formula is C24H23N3O5S. The standard InChI is InChI=1S/C24H23N3O5S/c1-2-30-23(29)17-10-12-20(13-11-17)32-15-19(28)16-33-24-26-25-22(21-9-6-14-31-21)27(24)18-7-4-3-5-8-18/h3-14,19,28H,2,15-16H2,1H3. The highest BCUT2D eigenvalue weighted by molar-refractivity contribution is 7.99. The first-order chi connectivity index (χ1) is 16.2. The number of furan rings is 1. The van der Waals surface area contributed by atoms with Crippen molar-refractivity contribution in [3.63, 3.8) is 0 Å². The molecule has 2 heterocycles. The smallest absolute Gasteiger partial charge is 0.338 e. The Kier molecular flexibility index (Phi) is 7.43. The van der Waals surface area contributed by atoms with Crippen LogP contribution in [0.25, 0.3) is 17.3 Å². The van der Waals surface area contributed by atoms with Crippen molar-refractivity contribution in [2.45, 2.75) is 18.2 Å². The second-order valence-electron chi connectivity index (χ2n) is 6.98. The summed E-state index contributed by atoms with van der Waals surface area (Å²) in [6, 6.07) is 20.0. The topological polar surface area (TPSA) is 99.6 Å². The summed E-state index contributed by atoms with van der Waals surface area (Å²) in [4.78, 5) is 11.7. The average molecular weight is 466 g/mol. The van der Waals surface area contributed by atoms with Gasteiger partial charge in [-0.2, -0.15) is 0 Å². The van der Waals surface area contributed by atoms with Gasteiger partial charge in [0.1, 0.15) is 12.4 Å². The van der Waals surface area contributed by atoms with Crippen LogP contribution in [0.5, 0.6) is 5.75 Å². The Balaban J connectivity index is 1.38. The molecule has 0 fully saturated rings. The number of para-hydroxylation sites is 1. The normalized spacial score (nSPS) is 11.8. The van der Waals surface area contributed by atoms with E-state index in [0.29, 0.717) is 40.4 Å². The molecule has 33 heavy (non-hydrogen) atoms. The second-order valence-corrected chi connectivity index (χ2v) is 7.96. The van der Waals surface area contributed by atoms with Crippen molar-refractivity contribution in [1.82, 2.24) is 14.8 Å². The van der Waals surface area contributed by atoms with Crippen molar-refractivity contribution in [2.24, 2.45) is 0 Å². The fraction of sp³-hybridized carbons (Fsp3) is 0.208. The second kappa shape index (κ2) is 10.8. The van der Waals surface area contributed by atoms with E-state index >= 15 is 0 Å². The molecule has 8 nitrogen and oxygen atoms in total. The number of esters is 1. The molecule has 170 valence electrons. The Morgan fingerprint density at radius 3 is 2.58 bits per heavy atom. The first-order valence-electron chi connectivity index (χ1n) is 10.4. The molecule has 4 rings (SSSR count). The molecule has 4 aromatic rings. The van der Waals surface area contributed by atoms with Crippen LogP contribution >= 0.6 is 11.8 Å². The predicted molar refractivity (Wildman–Crippen MR) is 124 cm³/mol. The molecule has 9 heteroatoms. The molecule has 1 N–H and O–H groups in total. The zero-order valence-corrected chi connectivity index (χ0v) is 18.8. The van der Waals surface area contributed by atoms with Crippen LogP contribution in [0.2, 0.25) is 0 Å². The van der Waals surface area contributed by atoms with E-state index in [9.17, 15) is 9.90 Å². The van der Waals surface area contributed by atoms with Crippen LogP contribution in [0.15, 0.2) is 82.6 Å². The molecule has 2 aromatic carbocycles. The minimum absolute atomic E-state index is 0.0935. The molecule has 0 aliphatic heterocycles. The predicted octanol–water partition coefficient (Wildman–Crippen LogP) is 4.24. The summed E-state index contributed by atoms with van der Waals surface area (Å²) in [5.41, 5.74) is 1.34. The number of thioether (sulfide) groups is 1. The molecule has 0 spiro atoms. The summed E-state index contributed by atoms with van der Waals surface area (Å²) in [5, 5.41) is 19.7. The molecule has 0 saturated carbocycles. The van der Waals surface area contributed by atoms with Gasteiger partial charge in [-0.25, -0.2) is 4.79 Å². The quantitative estimate of drug-likeness (QED) is 0.274. The van der Waals surface area contributed by atoms with Gasteiger partial charge in [0.05, 0.1) is 24.5 Å². The van der Waals surface area contributed by atoms with Crippen LogP contribution in [0.4, 0.5) is 0 Å². The van der Waals surface area contributed by atoms with Crippen molar-refractivity contribution in [2.75, 3.05) is 19.0 Å². The molecule has 0 amide bonds. The third-order valence-electron chi connectivity index (χ3n) is 4.60. The number of ether oxygens (including phenoxy) is 2. The van der Waals surface area contributed by atoms with Crippen LogP contribution in [-0.2, 0) is 4.74 Å². The maximum Gasteiger partial charge on any atom is 0.338 e. The fourth-order valence-electron chi connectivity index (χ4n) is 3.05. The Morgan fingerprint density at radius 2 is 1.88 bits per heavy atom. The number of rotatable bonds is 10. The maximum absolute atomic E-state index is 11.7. The monoisotopic (exact) mass is 465 g/mol. The molecule has 0 aliphatic rings. The third kappa shape index (κ3) is 5.63. The fourth-order valence-corrected chi connectivity index (χ4v) is 3.91. The molecule has 0 radical (unpaired) electrons. The van der Waals surface area contributed by atoms with E-state index in [0.717, 1.165) is 5.69 Å². The summed E-state index contributed by atoms with van der Waals surface area (Å²) < 4.78 is 18.0. The van der Waals surface area contributed by atoms with Gasteiger partial charge < -0.3 is 19.0 Å². The number of aliphatic hydroxyl groups excluding tert-OH is 1. The summed E-state index contributed by atoms with van der Waals surface area (Å²) in [5.74, 6) is 1.72. The maximum atomic E-state index is 11.7. The number of carbonyl (C=O) groups is 1. The van der Waals surface area contributed by atoms with Gasteiger partial charge in [-0.15, -0.1) is 10.2 Å². The third-order valence-corrected chi connectivity index (χ3v) is 5.68. The lowest BCUT2D eigenvalue weighted by Crippen LogP contribution is -2.20. The molecule has 0 saturated heterocycles. The molecule has 1 atom stereocenters. The lowest BCUT2D eigenvalue weighted by atomic mass is 10.2. The van der Waals surface area contributed by atoms with Gasteiger partial charge in [0.15, 0.2) is 10.9 Å². The Labute approximate surface area is 195 Å². The van der Waals surface area contributed by atoms with Gasteiger partial charge in [0.2, 0.25) is 5.82 Å². The van der Waals surface area contributed by atoms with E-state index in [-0.39, 0.29) is 12.6 Å². The summed E-state index contributed by atoms with van der Waals surface area (Å²) in [6.07, 6.45) is 0.847. The SMILES string of the molecule is CCOC(=O)c1ccc(OCC(O)CSc2nnc(-c3ccco3)n2-c2ccccc2)cc1. The van der Waals surface area contributed by atoms with Gasteiger partial charge in [0, 0.05) is 11.4 Å². The summed E-state index contributed by atoms with van der Waals surface area (Å²) in [7, 11) is 0. The van der Waals surface area contributed by atoms with Crippen LogP contribution in [0, 0.1) is 0 Å². The van der Waals surface area contributed by atoms with Gasteiger partial charge in [-0.1, -0.05) is 30.0 Å². The van der Waals surface area contributed by atoms with E-state index in [1.54, 1.807) is 43.5 Å². The number of aromatic nitrogens is 3. The number of nitrogens with zero attached hydrogens (tertiary/aromatic N) is 3. The van der Waals surface area contributed by atoms with E-state index in [1.165, 1.54) is 11.8 Å². The molecule has 0 aliphatic carbocycles.